The summed E-state index contributed by atoms with van der Waals surface area (Å²) in [5.41, 5.74) is 0.166. The molecule has 1 aliphatic rings. The number of aromatic nitrogens is 3. The summed E-state index contributed by atoms with van der Waals surface area (Å²) in [6, 6.07) is 10.4. The molecule has 0 unspecified atom stereocenters. The Balaban J connectivity index is 1.80. The zero-order chi connectivity index (χ0) is 22.2. The van der Waals surface area contributed by atoms with Gasteiger partial charge < -0.3 is 14.7 Å². The Morgan fingerprint density at radius 1 is 1.35 bits per heavy atom. The Kier molecular flexibility index (Phi) is 4.90. The monoisotopic (exact) mass is 415 g/mol. The molecule has 1 aliphatic heterocycles. The van der Waals surface area contributed by atoms with Gasteiger partial charge in [0.1, 0.15) is 11.8 Å². The zero-order valence-electron chi connectivity index (χ0n) is 16.8. The molecular formula is C22H17N5O4. The van der Waals surface area contributed by atoms with Crippen LogP contribution in [0.25, 0.3) is 16.6 Å². The molecule has 0 saturated carbocycles. The van der Waals surface area contributed by atoms with E-state index in [-0.39, 0.29) is 17.8 Å². The highest BCUT2D eigenvalue weighted by atomic mass is 16.5. The second-order valence-corrected chi connectivity index (χ2v) is 7.09. The third kappa shape index (κ3) is 3.48. The van der Waals surface area contributed by atoms with Gasteiger partial charge in [-0.3, -0.25) is 4.79 Å². The Bertz CT molecular complexity index is 1330. The number of hydrogen-bond acceptors (Lipinski definition) is 7. The maximum Gasteiger partial charge on any atom is 0.359 e. The van der Waals surface area contributed by atoms with Crippen molar-refractivity contribution in [3.63, 3.8) is 0 Å². The van der Waals surface area contributed by atoms with E-state index in [4.69, 9.17) is 4.74 Å². The molecule has 4 rings (SSSR count). The van der Waals surface area contributed by atoms with Crippen molar-refractivity contribution in [3.05, 3.63) is 53.5 Å². The van der Waals surface area contributed by atoms with Crippen LogP contribution in [0, 0.1) is 23.2 Å². The minimum absolute atomic E-state index is 0.0693. The number of benzene rings is 1. The van der Waals surface area contributed by atoms with Gasteiger partial charge in [-0.15, -0.1) is 0 Å². The van der Waals surface area contributed by atoms with Crippen molar-refractivity contribution < 1.29 is 19.4 Å². The second-order valence-electron chi connectivity index (χ2n) is 7.09. The molecule has 0 radical (unpaired) electrons. The number of carbonyl (C=O) groups is 2. The number of ether oxygens (including phenoxy) is 1. The van der Waals surface area contributed by atoms with E-state index >= 15 is 0 Å². The number of nitriles is 1. The molecule has 31 heavy (non-hydrogen) atoms. The number of esters is 1. The van der Waals surface area contributed by atoms with E-state index < -0.39 is 17.5 Å². The van der Waals surface area contributed by atoms with Crippen LogP contribution in [0.5, 0.6) is 0 Å². The third-order valence-corrected chi connectivity index (χ3v) is 5.07. The van der Waals surface area contributed by atoms with Gasteiger partial charge in [0.15, 0.2) is 5.69 Å². The van der Waals surface area contributed by atoms with Crippen LogP contribution in [-0.2, 0) is 9.53 Å². The quantitative estimate of drug-likeness (QED) is 0.490. The van der Waals surface area contributed by atoms with Gasteiger partial charge in [0.05, 0.1) is 23.7 Å². The first kappa shape index (κ1) is 20.1. The number of aliphatic hydroxyl groups is 1. The van der Waals surface area contributed by atoms with E-state index in [1.807, 2.05) is 6.07 Å². The molecule has 1 N–H and O–H groups in total. The standard InChI is InChI=1S/C22H17N5O4/c1-26-9-8-22(30,21(26)29)7-6-14-4-3-5-16(10-14)27-18-11-15(12-23)24-13-17(18)19(25-27)20(28)31-2/h3-5,10-11,13,30H,8-9H2,1-2H3/t22-/m0/s1. The predicted octanol–water partition coefficient (Wildman–Crippen LogP) is 1.02. The highest BCUT2D eigenvalue weighted by Crippen LogP contribution is 2.24. The normalized spacial score (nSPS) is 17.9. The van der Waals surface area contributed by atoms with Crippen LogP contribution in [0.15, 0.2) is 36.5 Å². The summed E-state index contributed by atoms with van der Waals surface area (Å²) in [4.78, 5) is 29.7. The average molecular weight is 415 g/mol. The SMILES string of the molecule is COC(=O)c1nn(-c2cccc(C#C[C@]3(O)CCN(C)C3=O)c2)c2cc(C#N)ncc12. The Morgan fingerprint density at radius 2 is 2.16 bits per heavy atom. The highest BCUT2D eigenvalue weighted by molar-refractivity contribution is 6.02. The summed E-state index contributed by atoms with van der Waals surface area (Å²) in [5, 5.41) is 24.5. The molecular weight excluding hydrogens is 398 g/mol. The molecule has 9 heteroatoms. The van der Waals surface area contributed by atoms with Crippen molar-refractivity contribution in [2.24, 2.45) is 0 Å². The van der Waals surface area contributed by atoms with Crippen molar-refractivity contribution in [1.82, 2.24) is 19.7 Å². The minimum Gasteiger partial charge on any atom is -0.464 e. The lowest BCUT2D eigenvalue weighted by Crippen LogP contribution is -2.37. The van der Waals surface area contributed by atoms with Gasteiger partial charge in [0.25, 0.3) is 5.91 Å². The maximum absolute atomic E-state index is 12.2. The summed E-state index contributed by atoms with van der Waals surface area (Å²) >= 11 is 0. The van der Waals surface area contributed by atoms with E-state index in [1.165, 1.54) is 29.0 Å². The fourth-order valence-electron chi connectivity index (χ4n) is 3.38. The van der Waals surface area contributed by atoms with Gasteiger partial charge in [-0.1, -0.05) is 17.9 Å². The Labute approximate surface area is 177 Å². The lowest BCUT2D eigenvalue weighted by molar-refractivity contribution is -0.137. The van der Waals surface area contributed by atoms with Crippen molar-refractivity contribution in [2.75, 3.05) is 20.7 Å². The van der Waals surface area contributed by atoms with Crippen LogP contribution in [0.3, 0.4) is 0 Å². The predicted molar refractivity (Wildman–Crippen MR) is 109 cm³/mol. The molecule has 1 aromatic carbocycles. The van der Waals surface area contributed by atoms with Crippen LogP contribution in [0.2, 0.25) is 0 Å². The molecule has 0 aliphatic carbocycles. The molecule has 2 aromatic heterocycles. The molecule has 1 saturated heterocycles. The van der Waals surface area contributed by atoms with Gasteiger partial charge in [-0.05, 0) is 18.2 Å². The molecule has 0 spiro atoms. The van der Waals surface area contributed by atoms with E-state index in [1.54, 1.807) is 31.3 Å². The van der Waals surface area contributed by atoms with Crippen LogP contribution >= 0.6 is 0 Å². The number of rotatable bonds is 2. The summed E-state index contributed by atoms with van der Waals surface area (Å²) < 4.78 is 6.30. The fraction of sp³-hybridized carbons (Fsp3) is 0.227. The van der Waals surface area contributed by atoms with Gasteiger partial charge in [0.2, 0.25) is 5.60 Å². The Morgan fingerprint density at radius 3 is 2.84 bits per heavy atom. The number of hydrogen-bond donors (Lipinski definition) is 1. The van der Waals surface area contributed by atoms with Gasteiger partial charge >= 0.3 is 5.97 Å². The molecule has 1 fully saturated rings. The number of likely N-dealkylation sites (N-methyl/N-ethyl adjacent to an activating group) is 1. The summed E-state index contributed by atoms with van der Waals surface area (Å²) in [6.07, 6.45) is 1.65. The van der Waals surface area contributed by atoms with Gasteiger partial charge in [0, 0.05) is 37.8 Å². The van der Waals surface area contributed by atoms with E-state index in [0.717, 1.165) is 0 Å². The first-order chi connectivity index (χ1) is 14.9. The minimum atomic E-state index is -1.70. The number of methoxy groups -OCH3 is 1. The third-order valence-electron chi connectivity index (χ3n) is 5.07. The van der Waals surface area contributed by atoms with Crippen molar-refractivity contribution >= 4 is 22.8 Å². The van der Waals surface area contributed by atoms with Crippen LogP contribution in [0.1, 0.15) is 28.2 Å². The largest absolute Gasteiger partial charge is 0.464 e. The van der Waals surface area contributed by atoms with E-state index in [0.29, 0.717) is 28.7 Å². The zero-order valence-corrected chi connectivity index (χ0v) is 16.8. The smallest absolute Gasteiger partial charge is 0.359 e. The summed E-state index contributed by atoms with van der Waals surface area (Å²) in [5.74, 6) is 4.48. The number of amides is 1. The van der Waals surface area contributed by atoms with E-state index in [9.17, 15) is 20.0 Å². The van der Waals surface area contributed by atoms with Crippen molar-refractivity contribution in [1.29, 1.82) is 5.26 Å². The summed E-state index contributed by atoms with van der Waals surface area (Å²) in [6.45, 7) is 0.439. The lowest BCUT2D eigenvalue weighted by atomic mass is 10.0. The van der Waals surface area contributed by atoms with Crippen molar-refractivity contribution in [3.8, 4) is 23.6 Å². The maximum atomic E-state index is 12.2. The number of nitrogens with zero attached hydrogens (tertiary/aromatic N) is 5. The van der Waals surface area contributed by atoms with Gasteiger partial charge in [-0.25, -0.2) is 14.5 Å². The highest BCUT2D eigenvalue weighted by Gasteiger charge is 2.42. The van der Waals surface area contributed by atoms with Gasteiger partial charge in [-0.2, -0.15) is 10.4 Å². The number of carbonyl (C=O) groups excluding carboxylic acids is 2. The summed E-state index contributed by atoms with van der Waals surface area (Å²) in [7, 11) is 2.88. The van der Waals surface area contributed by atoms with Crippen LogP contribution in [-0.4, -0.2) is 63.0 Å². The number of likely N-dealkylation sites (tertiary alicyclic amines) is 1. The number of fused-ring (bicyclic) bond motifs is 1. The average Bonchev–Trinajstić information content (AvgIpc) is 3.30. The molecule has 9 nitrogen and oxygen atoms in total. The molecule has 0 bridgehead atoms. The van der Waals surface area contributed by atoms with Crippen LogP contribution < -0.4 is 0 Å². The van der Waals surface area contributed by atoms with Crippen LogP contribution in [0.4, 0.5) is 0 Å². The lowest BCUT2D eigenvalue weighted by Gasteiger charge is -2.13. The Hall–Kier alpha value is -4.21. The topological polar surface area (TPSA) is 121 Å². The molecule has 1 amide bonds. The van der Waals surface area contributed by atoms with Crippen molar-refractivity contribution in [2.45, 2.75) is 12.0 Å². The number of pyridine rings is 1. The van der Waals surface area contributed by atoms with E-state index in [2.05, 4.69) is 21.9 Å². The first-order valence-corrected chi connectivity index (χ1v) is 9.35. The molecule has 3 aromatic rings. The fourth-order valence-corrected chi connectivity index (χ4v) is 3.38. The molecule has 154 valence electrons. The molecule has 1 atom stereocenters. The molecule has 3 heterocycles. The first-order valence-electron chi connectivity index (χ1n) is 9.35. The second kappa shape index (κ2) is 7.56.